The highest BCUT2D eigenvalue weighted by atomic mass is 16.7. The second kappa shape index (κ2) is 69.8. The van der Waals surface area contributed by atoms with Crippen LogP contribution in [0.15, 0.2) is 109 Å². The van der Waals surface area contributed by atoms with Crippen molar-refractivity contribution in [1.29, 1.82) is 0 Å². The van der Waals surface area contributed by atoms with Crippen LogP contribution < -0.4 is 0 Å². The Labute approximate surface area is 549 Å². The molecule has 9 nitrogen and oxygen atoms in total. The van der Waals surface area contributed by atoms with Crippen LogP contribution in [0.4, 0.5) is 0 Å². The summed E-state index contributed by atoms with van der Waals surface area (Å²) in [5.74, 6) is -2.00. The number of rotatable bonds is 68. The molecule has 2 atom stereocenters. The number of quaternary nitrogens is 1. The first-order valence-corrected chi connectivity index (χ1v) is 37.1. The number of hydrogen-bond acceptors (Lipinski definition) is 7. The number of aliphatic carboxylic acids is 1. The normalized spacial score (nSPS) is 13.3. The SMILES string of the molecule is CC/C=C\C/C=C\C/C=C\C/C=C\C/C=C\C/C=C\C/C=C\C/C=C\CCCCCCCCCCCCCCC(=O)OC(COC(=O)CCCCCCCCCCCCCCCCC/C=C\CCCCCCCCCC)COC(OCC[N+](C)(C)C)C(=O)O. The molecule has 0 heterocycles. The average molecular weight is 1240 g/mol. The highest BCUT2D eigenvalue weighted by molar-refractivity contribution is 5.71. The van der Waals surface area contributed by atoms with Crippen molar-refractivity contribution in [3.63, 3.8) is 0 Å². The van der Waals surface area contributed by atoms with E-state index in [0.717, 1.165) is 89.9 Å². The minimum Gasteiger partial charge on any atom is -0.477 e. The average Bonchev–Trinajstić information content (AvgIpc) is 3.70. The van der Waals surface area contributed by atoms with Gasteiger partial charge in [0.25, 0.3) is 6.29 Å². The molecule has 0 aliphatic heterocycles. The van der Waals surface area contributed by atoms with Crippen LogP contribution in [0.25, 0.3) is 0 Å². The maximum Gasteiger partial charge on any atom is 0.361 e. The number of nitrogens with zero attached hydrogens (tertiary/aromatic N) is 1. The van der Waals surface area contributed by atoms with Gasteiger partial charge in [0.2, 0.25) is 0 Å². The van der Waals surface area contributed by atoms with Crippen molar-refractivity contribution in [3.05, 3.63) is 109 Å². The van der Waals surface area contributed by atoms with Crippen LogP contribution in [-0.4, -0.2) is 87.4 Å². The fourth-order valence-corrected chi connectivity index (χ4v) is 10.4. The quantitative estimate of drug-likeness (QED) is 0.0211. The molecule has 0 radical (unpaired) electrons. The van der Waals surface area contributed by atoms with Crippen molar-refractivity contribution in [2.24, 2.45) is 0 Å². The van der Waals surface area contributed by atoms with Crippen LogP contribution in [-0.2, 0) is 33.3 Å². The predicted octanol–water partition coefficient (Wildman–Crippen LogP) is 23.4. The van der Waals surface area contributed by atoms with Crippen molar-refractivity contribution < 1.29 is 42.9 Å². The fourth-order valence-electron chi connectivity index (χ4n) is 10.4. The molecule has 0 aromatic carbocycles. The van der Waals surface area contributed by atoms with Gasteiger partial charge in [-0.25, -0.2) is 4.79 Å². The van der Waals surface area contributed by atoms with E-state index in [1.807, 2.05) is 21.1 Å². The lowest BCUT2D eigenvalue weighted by molar-refractivity contribution is -0.870. The van der Waals surface area contributed by atoms with E-state index in [4.69, 9.17) is 18.9 Å². The minimum absolute atomic E-state index is 0.184. The van der Waals surface area contributed by atoms with Gasteiger partial charge >= 0.3 is 17.9 Å². The van der Waals surface area contributed by atoms with Crippen molar-refractivity contribution >= 4 is 17.9 Å². The zero-order chi connectivity index (χ0) is 64.7. The second-order valence-corrected chi connectivity index (χ2v) is 25.9. The zero-order valence-electron chi connectivity index (χ0n) is 58.6. The molecule has 0 amide bonds. The predicted molar refractivity (Wildman–Crippen MR) is 382 cm³/mol. The molecular weight excluding hydrogens is 1100 g/mol. The minimum atomic E-state index is -1.52. The molecular formula is C80H140NO8+. The van der Waals surface area contributed by atoms with Crippen LogP contribution in [0.2, 0.25) is 0 Å². The Balaban J connectivity index is 4.10. The van der Waals surface area contributed by atoms with E-state index in [1.165, 1.54) is 199 Å². The number of carboxylic acid groups (broad SMARTS) is 1. The Morgan fingerprint density at radius 1 is 0.348 bits per heavy atom. The number of likely N-dealkylation sites (N-methyl/N-ethyl adjacent to an activating group) is 1. The number of carbonyl (C=O) groups excluding carboxylic acids is 2. The molecule has 1 N–H and O–H groups in total. The number of carboxylic acids is 1. The lowest BCUT2D eigenvalue weighted by atomic mass is 10.0. The van der Waals surface area contributed by atoms with E-state index >= 15 is 0 Å². The Morgan fingerprint density at radius 3 is 0.966 bits per heavy atom. The van der Waals surface area contributed by atoms with E-state index < -0.39 is 24.3 Å². The summed E-state index contributed by atoms with van der Waals surface area (Å²) in [5.41, 5.74) is 0. The topological polar surface area (TPSA) is 108 Å². The summed E-state index contributed by atoms with van der Waals surface area (Å²) in [6, 6.07) is 0. The maximum absolute atomic E-state index is 13.0. The zero-order valence-corrected chi connectivity index (χ0v) is 58.6. The third kappa shape index (κ3) is 71.3. The molecule has 0 rings (SSSR count). The van der Waals surface area contributed by atoms with E-state index in [9.17, 15) is 19.5 Å². The monoisotopic (exact) mass is 1240 g/mol. The van der Waals surface area contributed by atoms with Crippen LogP contribution >= 0.6 is 0 Å². The molecule has 0 spiro atoms. The summed E-state index contributed by atoms with van der Waals surface area (Å²) in [4.78, 5) is 37.7. The molecule has 9 heteroatoms. The van der Waals surface area contributed by atoms with Gasteiger partial charge in [0.15, 0.2) is 6.10 Å². The van der Waals surface area contributed by atoms with Gasteiger partial charge in [0.05, 0.1) is 34.4 Å². The fraction of sp³-hybridized carbons (Fsp3) is 0.738. The summed E-state index contributed by atoms with van der Waals surface area (Å²) < 4.78 is 23.0. The first-order chi connectivity index (χ1) is 43.6. The number of unbranched alkanes of at least 4 members (excludes halogenated alkanes) is 35. The Morgan fingerprint density at radius 2 is 0.640 bits per heavy atom. The summed E-state index contributed by atoms with van der Waals surface area (Å²) >= 11 is 0. The molecule has 0 saturated carbocycles. The van der Waals surface area contributed by atoms with Gasteiger partial charge in [-0.1, -0.05) is 316 Å². The van der Waals surface area contributed by atoms with Gasteiger partial charge in [-0.3, -0.25) is 9.59 Å². The second-order valence-electron chi connectivity index (χ2n) is 25.9. The molecule has 0 aliphatic carbocycles. The lowest BCUT2D eigenvalue weighted by Gasteiger charge is -2.25. The number of esters is 2. The molecule has 2 unspecified atom stereocenters. The van der Waals surface area contributed by atoms with Crippen LogP contribution in [0.1, 0.15) is 322 Å². The third-order valence-corrected chi connectivity index (χ3v) is 16.0. The van der Waals surface area contributed by atoms with Crippen LogP contribution in [0.3, 0.4) is 0 Å². The Bertz CT molecular complexity index is 1830. The number of allylic oxidation sites excluding steroid dienone is 18. The number of carbonyl (C=O) groups is 3. The van der Waals surface area contributed by atoms with Crippen molar-refractivity contribution in [2.75, 3.05) is 47.5 Å². The van der Waals surface area contributed by atoms with Gasteiger partial charge in [0.1, 0.15) is 13.2 Å². The summed E-state index contributed by atoms with van der Waals surface area (Å²) in [7, 11) is 5.98. The van der Waals surface area contributed by atoms with Crippen LogP contribution in [0, 0.1) is 0 Å². The van der Waals surface area contributed by atoms with E-state index in [1.54, 1.807) is 0 Å². The van der Waals surface area contributed by atoms with Gasteiger partial charge in [-0.2, -0.15) is 0 Å². The first-order valence-electron chi connectivity index (χ1n) is 37.1. The van der Waals surface area contributed by atoms with Gasteiger partial charge < -0.3 is 28.5 Å². The molecule has 0 aliphatic rings. The highest BCUT2D eigenvalue weighted by Gasteiger charge is 2.25. The number of hydrogen-bond donors (Lipinski definition) is 1. The molecule has 0 saturated heterocycles. The summed E-state index contributed by atoms with van der Waals surface area (Å²) in [6.07, 6.45) is 94.9. The molecule has 0 bridgehead atoms. The molecule has 0 aromatic heterocycles. The van der Waals surface area contributed by atoms with Crippen molar-refractivity contribution in [2.45, 2.75) is 334 Å². The van der Waals surface area contributed by atoms with E-state index in [-0.39, 0.29) is 32.2 Å². The van der Waals surface area contributed by atoms with Gasteiger partial charge in [-0.05, 0) is 103 Å². The Hall–Kier alpha value is -4.05. The smallest absolute Gasteiger partial charge is 0.361 e. The standard InChI is InChI=1S/C80H139NO8/c1-6-8-10-12-14-16-18-20-22-24-26-28-30-32-34-35-36-37-38-39-40-41-42-43-45-47-49-51-53-55-57-59-61-63-65-67-69-71-78(83)89-76(75-88-80(79(84)85)86-73-72-81(3,4)5)74-87-77(82)70-68-66-64-62-60-58-56-54-52-50-48-46-44-33-31-29-27-25-23-21-19-17-15-13-11-9-7-2/h8,10,14,16,20,22,25-28,32,34,36-37,39-40,42-43,76,80H,6-7,9,11-13,15,17-19,21,23-24,29-31,33,35,38,41,44-75H2,1-5H3/p+1/b10-8-,16-14-,22-20-,27-25-,28-26-,34-32-,37-36-,40-39-,43-42-. The number of ether oxygens (including phenoxy) is 4. The van der Waals surface area contributed by atoms with Crippen LogP contribution in [0.5, 0.6) is 0 Å². The van der Waals surface area contributed by atoms with Crippen molar-refractivity contribution in [3.8, 4) is 0 Å². The highest BCUT2D eigenvalue weighted by Crippen LogP contribution is 2.18. The molecule has 0 aromatic rings. The molecule has 0 fully saturated rings. The molecule has 89 heavy (non-hydrogen) atoms. The van der Waals surface area contributed by atoms with E-state index in [2.05, 4.69) is 123 Å². The van der Waals surface area contributed by atoms with E-state index in [0.29, 0.717) is 23.9 Å². The van der Waals surface area contributed by atoms with Crippen molar-refractivity contribution in [1.82, 2.24) is 0 Å². The molecule has 512 valence electrons. The largest absolute Gasteiger partial charge is 0.477 e. The first kappa shape index (κ1) is 85.0. The lowest BCUT2D eigenvalue weighted by Crippen LogP contribution is -2.40. The Kier molecular flexibility index (Phi) is 66.7. The van der Waals surface area contributed by atoms with Gasteiger partial charge in [-0.15, -0.1) is 0 Å². The summed E-state index contributed by atoms with van der Waals surface area (Å²) in [6.45, 7) is 4.79. The summed E-state index contributed by atoms with van der Waals surface area (Å²) in [5, 5.41) is 9.76. The van der Waals surface area contributed by atoms with Gasteiger partial charge in [0, 0.05) is 12.8 Å². The maximum atomic E-state index is 13.0. The third-order valence-electron chi connectivity index (χ3n) is 16.0.